The summed E-state index contributed by atoms with van der Waals surface area (Å²) in [5.41, 5.74) is 0. The minimum atomic E-state index is -0.719. The van der Waals surface area contributed by atoms with E-state index in [-0.39, 0.29) is 6.42 Å². The highest BCUT2D eigenvalue weighted by atomic mass is 16.6. The molecule has 0 saturated heterocycles. The van der Waals surface area contributed by atoms with Crippen molar-refractivity contribution in [1.82, 2.24) is 0 Å². The predicted molar refractivity (Wildman–Crippen MR) is 82.4 cm³/mol. The fourth-order valence-electron chi connectivity index (χ4n) is 1.38. The molecule has 0 fully saturated rings. The molecule has 0 aliphatic rings. The van der Waals surface area contributed by atoms with Crippen molar-refractivity contribution in [3.05, 3.63) is 22.1 Å². The van der Waals surface area contributed by atoms with Crippen molar-refractivity contribution in [2.24, 2.45) is 0 Å². The van der Waals surface area contributed by atoms with Crippen molar-refractivity contribution in [1.29, 1.82) is 0 Å². The fourth-order valence-corrected chi connectivity index (χ4v) is 1.38. The molecule has 0 unspecified atom stereocenters. The highest BCUT2D eigenvalue weighted by Crippen LogP contribution is 2.06. The van der Waals surface area contributed by atoms with E-state index in [1.54, 1.807) is 13.8 Å². The molecule has 23 heavy (non-hydrogen) atoms. The van der Waals surface area contributed by atoms with Gasteiger partial charge in [-0.1, -0.05) is 17.8 Å². The largest absolute Gasteiger partial charge is 0.519 e. The van der Waals surface area contributed by atoms with E-state index in [0.29, 0.717) is 30.8 Å². The first kappa shape index (κ1) is 17.8. The Labute approximate surface area is 134 Å². The van der Waals surface area contributed by atoms with Crippen LogP contribution < -0.4 is 5.82 Å². The second-order valence-corrected chi connectivity index (χ2v) is 4.11. The van der Waals surface area contributed by atoms with E-state index in [1.165, 1.54) is 0 Å². The van der Waals surface area contributed by atoms with Crippen LogP contribution in [0.3, 0.4) is 0 Å². The molecule has 0 N–H and O–H groups in total. The van der Waals surface area contributed by atoms with Gasteiger partial charge in [-0.15, -0.1) is 0 Å². The molecular weight excluding hydrogens is 296 g/mol. The van der Waals surface area contributed by atoms with Gasteiger partial charge in [0.25, 0.3) is 0 Å². The molecule has 0 amide bonds. The third-order valence-corrected chi connectivity index (χ3v) is 2.41. The Morgan fingerprint density at radius 2 is 1.83 bits per heavy atom. The maximum atomic E-state index is 11.3. The maximum Gasteiger partial charge on any atom is 0.519 e. The van der Waals surface area contributed by atoms with Gasteiger partial charge in [0.05, 0.1) is 6.42 Å². The number of esters is 1. The van der Waals surface area contributed by atoms with Crippen LogP contribution in [0.15, 0.2) is 13.6 Å². The number of ether oxygens (including phenoxy) is 1. The number of rotatable bonds is 4. The van der Waals surface area contributed by atoms with Gasteiger partial charge in [-0.25, -0.2) is 4.79 Å². The van der Waals surface area contributed by atoms with Crippen LogP contribution in [0, 0.1) is 54.5 Å². The highest BCUT2D eigenvalue weighted by Gasteiger charge is 2.06. The summed E-state index contributed by atoms with van der Waals surface area (Å²) in [6.07, 6.45) is 3.63. The van der Waals surface area contributed by atoms with Crippen LogP contribution in [0.1, 0.15) is 37.7 Å². The third kappa shape index (κ3) is 7.91. The van der Waals surface area contributed by atoms with Gasteiger partial charge in [0.1, 0.15) is 11.9 Å². The molecular formula is C18H14O5. The Morgan fingerprint density at radius 1 is 1.09 bits per heavy atom. The molecule has 116 valence electrons. The van der Waals surface area contributed by atoms with E-state index in [4.69, 9.17) is 8.83 Å². The summed E-state index contributed by atoms with van der Waals surface area (Å²) in [4.78, 5) is 22.1. The number of carbonyl (C=O) groups excluding carboxylic acids is 1. The van der Waals surface area contributed by atoms with Gasteiger partial charge >= 0.3 is 11.8 Å². The van der Waals surface area contributed by atoms with E-state index < -0.39 is 11.8 Å². The van der Waals surface area contributed by atoms with E-state index in [9.17, 15) is 9.59 Å². The Kier molecular flexibility index (Phi) is 8.07. The molecule has 0 saturated carbocycles. The van der Waals surface area contributed by atoms with E-state index in [0.717, 1.165) is 0 Å². The minimum Gasteiger partial charge on any atom is -0.396 e. The van der Waals surface area contributed by atoms with Crippen molar-refractivity contribution in [3.63, 3.8) is 0 Å². The lowest BCUT2D eigenvalue weighted by molar-refractivity contribution is -0.136. The zero-order valence-electron chi connectivity index (χ0n) is 12.9. The molecule has 0 atom stereocenters. The van der Waals surface area contributed by atoms with Crippen molar-refractivity contribution in [2.75, 3.05) is 0 Å². The zero-order valence-corrected chi connectivity index (χ0v) is 12.9. The average Bonchev–Trinajstić information content (AvgIpc) is 2.84. The lowest BCUT2D eigenvalue weighted by Crippen LogP contribution is -1.98. The van der Waals surface area contributed by atoms with E-state index in [1.807, 2.05) is 0 Å². The number of aryl methyl sites for hydroxylation is 2. The Bertz CT molecular complexity index is 838. The normalized spacial score (nSPS) is 8.09. The first-order valence-corrected chi connectivity index (χ1v) is 6.80. The highest BCUT2D eigenvalue weighted by molar-refractivity contribution is 5.71. The predicted octanol–water partition coefficient (Wildman–Crippen LogP) is 1.79. The molecule has 0 bridgehead atoms. The molecule has 0 aliphatic carbocycles. The van der Waals surface area contributed by atoms with Crippen LogP contribution in [0.2, 0.25) is 0 Å². The summed E-state index contributed by atoms with van der Waals surface area (Å²) in [5, 5.41) is 0. The fraction of sp³-hybridized carbons (Fsp3) is 0.333. The van der Waals surface area contributed by atoms with Crippen molar-refractivity contribution >= 4 is 5.97 Å². The Hall–Kier alpha value is -3.28. The van der Waals surface area contributed by atoms with Crippen LogP contribution in [-0.2, 0) is 16.0 Å². The van der Waals surface area contributed by atoms with Gasteiger partial charge in [0.15, 0.2) is 5.76 Å². The van der Waals surface area contributed by atoms with Gasteiger partial charge in [0, 0.05) is 25.2 Å². The second-order valence-electron chi connectivity index (χ2n) is 4.11. The first-order valence-electron chi connectivity index (χ1n) is 6.80. The molecule has 5 heteroatoms. The number of carbonyl (C=O) groups is 1. The molecule has 1 heterocycles. The van der Waals surface area contributed by atoms with Crippen LogP contribution in [0.25, 0.3) is 0 Å². The molecule has 1 aromatic heterocycles. The maximum absolute atomic E-state index is 11.3. The monoisotopic (exact) mass is 310 g/mol. The van der Waals surface area contributed by atoms with Crippen molar-refractivity contribution < 1.29 is 18.4 Å². The topological polar surface area (TPSA) is 69.7 Å². The van der Waals surface area contributed by atoms with Gasteiger partial charge < -0.3 is 13.6 Å². The lowest BCUT2D eigenvalue weighted by Gasteiger charge is -1.89. The van der Waals surface area contributed by atoms with Crippen LogP contribution in [-0.4, -0.2) is 5.97 Å². The molecule has 0 spiro atoms. The van der Waals surface area contributed by atoms with Gasteiger partial charge in [-0.2, -0.15) is 0 Å². The quantitative estimate of drug-likeness (QED) is 0.626. The van der Waals surface area contributed by atoms with Crippen molar-refractivity contribution in [2.45, 2.75) is 39.5 Å². The summed E-state index contributed by atoms with van der Waals surface area (Å²) >= 11 is 0. The molecule has 0 radical (unpaired) electrons. The smallest absolute Gasteiger partial charge is 0.396 e. The van der Waals surface area contributed by atoms with Crippen LogP contribution in [0.5, 0.6) is 0 Å². The van der Waals surface area contributed by atoms with Crippen molar-refractivity contribution in [3.8, 4) is 47.5 Å². The second kappa shape index (κ2) is 10.4. The standard InChI is InChI=1S/C18H14O5/c1-3-4-5-6-10-13-17(19)21-14-11-8-7-9-12-16-15(2)22-18(20)23-16/h9-10,12-13H2,1-2H3. The van der Waals surface area contributed by atoms with Crippen LogP contribution >= 0.6 is 0 Å². The average molecular weight is 310 g/mol. The summed E-state index contributed by atoms with van der Waals surface area (Å²) < 4.78 is 14.2. The molecule has 1 rings (SSSR count). The van der Waals surface area contributed by atoms with Crippen LogP contribution in [0.4, 0.5) is 0 Å². The summed E-state index contributed by atoms with van der Waals surface area (Å²) in [6, 6.07) is 0. The number of hydrogen-bond acceptors (Lipinski definition) is 5. The van der Waals surface area contributed by atoms with E-state index in [2.05, 4.69) is 52.3 Å². The molecule has 1 aromatic rings. The Balaban J connectivity index is 2.26. The van der Waals surface area contributed by atoms with Gasteiger partial charge in [0.2, 0.25) is 0 Å². The summed E-state index contributed by atoms with van der Waals surface area (Å²) in [6.45, 7) is 3.33. The lowest BCUT2D eigenvalue weighted by atomic mass is 10.2. The minimum absolute atomic E-state index is 0.152. The molecule has 0 aliphatic heterocycles. The molecule has 0 aromatic carbocycles. The van der Waals surface area contributed by atoms with Gasteiger partial charge in [-0.05, 0) is 31.6 Å². The molecule has 5 nitrogen and oxygen atoms in total. The summed E-state index contributed by atoms with van der Waals surface area (Å²) in [5.74, 6) is 17.9. The third-order valence-electron chi connectivity index (χ3n) is 2.41. The number of hydrogen-bond donors (Lipinski definition) is 0. The van der Waals surface area contributed by atoms with E-state index >= 15 is 0 Å². The first-order chi connectivity index (χ1) is 11.1. The zero-order chi connectivity index (χ0) is 16.9. The Morgan fingerprint density at radius 3 is 2.52 bits per heavy atom. The SMILES string of the molecule is CC#CC#CCCC(=O)OC#CC#CCCc1oc(=O)oc1C. The van der Waals surface area contributed by atoms with Gasteiger partial charge in [-0.3, -0.25) is 4.79 Å². The summed E-state index contributed by atoms with van der Waals surface area (Å²) in [7, 11) is 0.